The van der Waals surface area contributed by atoms with Crippen molar-refractivity contribution in [3.05, 3.63) is 64.2 Å². The second-order valence-electron chi connectivity index (χ2n) is 9.58. The highest BCUT2D eigenvalue weighted by Gasteiger charge is 2.40. The molecule has 40 heavy (non-hydrogen) atoms. The normalized spacial score (nSPS) is 18.0. The van der Waals surface area contributed by atoms with Crippen LogP contribution in [0.5, 0.6) is 0 Å². The van der Waals surface area contributed by atoms with Crippen molar-refractivity contribution in [1.29, 1.82) is 0 Å². The lowest BCUT2D eigenvalue weighted by Gasteiger charge is -2.40. The van der Waals surface area contributed by atoms with Crippen LogP contribution in [0.2, 0.25) is 0 Å². The number of carbonyl (C=O) groups is 2. The van der Waals surface area contributed by atoms with Crippen LogP contribution in [0, 0.1) is 0 Å². The number of ether oxygens (including phenoxy) is 1. The number of benzene rings is 2. The van der Waals surface area contributed by atoms with Crippen LogP contribution < -0.4 is 10.2 Å². The maximum Gasteiger partial charge on any atom is 0.416 e. The van der Waals surface area contributed by atoms with Gasteiger partial charge in [0.1, 0.15) is 0 Å². The van der Waals surface area contributed by atoms with E-state index >= 15 is 0 Å². The molecule has 220 valence electrons. The zero-order valence-electron chi connectivity index (χ0n) is 21.4. The van der Waals surface area contributed by atoms with Gasteiger partial charge in [-0.3, -0.25) is 9.69 Å². The standard InChI is InChI=1S/C26H25F9N2O3/c1-4-18-12-20(19-11-15(24(27,28)29)5-6-21(19)37(18)23(39)40-13(2)3)36-22(38)9-14-7-16(25(30,31)32)10-17(8-14)26(33,34)35/h5-8,10-11,13,18,20H,4,9,12H2,1-3H3,(H,36,38). The summed E-state index contributed by atoms with van der Waals surface area (Å²) >= 11 is 0. The summed E-state index contributed by atoms with van der Waals surface area (Å²) in [5.41, 5.74) is -4.95. The number of hydrogen-bond donors (Lipinski definition) is 1. The lowest BCUT2D eigenvalue weighted by Crippen LogP contribution is -2.48. The number of amides is 2. The van der Waals surface area contributed by atoms with Gasteiger partial charge in [-0.15, -0.1) is 0 Å². The number of carbonyl (C=O) groups excluding carboxylic acids is 2. The molecule has 1 aliphatic rings. The van der Waals surface area contributed by atoms with Crippen molar-refractivity contribution >= 4 is 17.7 Å². The Morgan fingerprint density at radius 1 is 0.900 bits per heavy atom. The van der Waals surface area contributed by atoms with Gasteiger partial charge in [-0.2, -0.15) is 39.5 Å². The molecule has 0 saturated carbocycles. The van der Waals surface area contributed by atoms with E-state index in [1.807, 2.05) is 0 Å². The van der Waals surface area contributed by atoms with E-state index in [0.29, 0.717) is 18.6 Å². The molecule has 2 unspecified atom stereocenters. The summed E-state index contributed by atoms with van der Waals surface area (Å²) < 4.78 is 125. The minimum Gasteiger partial charge on any atom is -0.446 e. The third-order valence-electron chi connectivity index (χ3n) is 6.21. The number of fused-ring (bicyclic) bond motifs is 1. The SMILES string of the molecule is CCC1CC(NC(=O)Cc2cc(C(F)(F)F)cc(C(F)(F)F)c2)c2cc(C(F)(F)F)ccc2N1C(=O)OC(C)C. The molecule has 2 aromatic carbocycles. The summed E-state index contributed by atoms with van der Waals surface area (Å²) in [6.45, 7) is 4.85. The maximum absolute atomic E-state index is 13.5. The van der Waals surface area contributed by atoms with Gasteiger partial charge >= 0.3 is 24.6 Å². The van der Waals surface area contributed by atoms with E-state index < -0.39 is 77.4 Å². The average molecular weight is 584 g/mol. The number of alkyl halides is 9. The molecular formula is C26H25F9N2O3. The van der Waals surface area contributed by atoms with E-state index in [9.17, 15) is 49.1 Å². The van der Waals surface area contributed by atoms with Crippen LogP contribution in [-0.4, -0.2) is 24.1 Å². The van der Waals surface area contributed by atoms with Crippen LogP contribution in [0.25, 0.3) is 0 Å². The molecule has 1 heterocycles. The van der Waals surface area contributed by atoms with Crippen molar-refractivity contribution in [2.75, 3.05) is 4.90 Å². The number of hydrogen-bond acceptors (Lipinski definition) is 3. The van der Waals surface area contributed by atoms with Gasteiger partial charge < -0.3 is 10.1 Å². The Balaban J connectivity index is 1.99. The third kappa shape index (κ3) is 7.19. The first-order valence-corrected chi connectivity index (χ1v) is 12.1. The van der Waals surface area contributed by atoms with Crippen molar-refractivity contribution in [2.45, 2.75) is 76.8 Å². The zero-order valence-corrected chi connectivity index (χ0v) is 21.4. The third-order valence-corrected chi connectivity index (χ3v) is 6.21. The highest BCUT2D eigenvalue weighted by Crippen LogP contribution is 2.42. The van der Waals surface area contributed by atoms with Gasteiger partial charge in [-0.05, 0) is 74.2 Å². The van der Waals surface area contributed by atoms with Crippen molar-refractivity contribution in [1.82, 2.24) is 5.32 Å². The summed E-state index contributed by atoms with van der Waals surface area (Å²) in [5.74, 6) is -1.02. The Kier molecular flexibility index (Phi) is 8.70. The zero-order chi connectivity index (χ0) is 30.2. The highest BCUT2D eigenvalue weighted by atomic mass is 19.4. The summed E-state index contributed by atoms with van der Waals surface area (Å²) in [4.78, 5) is 26.9. The predicted molar refractivity (Wildman–Crippen MR) is 125 cm³/mol. The molecule has 0 aliphatic carbocycles. The lowest BCUT2D eigenvalue weighted by molar-refractivity contribution is -0.143. The van der Waals surface area contributed by atoms with Gasteiger partial charge in [0.15, 0.2) is 0 Å². The summed E-state index contributed by atoms with van der Waals surface area (Å²) in [7, 11) is 0. The first-order chi connectivity index (χ1) is 18.3. The molecule has 2 atom stereocenters. The lowest BCUT2D eigenvalue weighted by atomic mass is 9.88. The van der Waals surface area contributed by atoms with E-state index in [1.54, 1.807) is 20.8 Å². The molecule has 5 nitrogen and oxygen atoms in total. The van der Waals surface area contributed by atoms with Gasteiger partial charge in [0, 0.05) is 6.04 Å². The quantitative estimate of drug-likeness (QED) is 0.367. The second kappa shape index (κ2) is 11.2. The van der Waals surface area contributed by atoms with Crippen LogP contribution in [0.1, 0.15) is 67.5 Å². The molecule has 14 heteroatoms. The first kappa shape index (κ1) is 31.1. The Hall–Kier alpha value is -3.45. The number of halogens is 9. The maximum atomic E-state index is 13.5. The minimum atomic E-state index is -5.12. The molecular weight excluding hydrogens is 559 g/mol. The van der Waals surface area contributed by atoms with Crippen molar-refractivity contribution in [2.24, 2.45) is 0 Å². The topological polar surface area (TPSA) is 58.6 Å². The van der Waals surface area contributed by atoms with Crippen LogP contribution in [0.15, 0.2) is 36.4 Å². The Bertz CT molecular complexity index is 1220. The number of rotatable bonds is 5. The molecule has 1 aliphatic heterocycles. The second-order valence-corrected chi connectivity index (χ2v) is 9.58. The molecule has 3 rings (SSSR count). The Morgan fingerprint density at radius 3 is 1.93 bits per heavy atom. The fraction of sp³-hybridized carbons (Fsp3) is 0.462. The predicted octanol–water partition coefficient (Wildman–Crippen LogP) is 7.68. The van der Waals surface area contributed by atoms with E-state index in [-0.39, 0.29) is 23.7 Å². The van der Waals surface area contributed by atoms with Gasteiger partial charge in [0.25, 0.3) is 0 Å². The van der Waals surface area contributed by atoms with Crippen molar-refractivity contribution < 1.29 is 53.8 Å². The molecule has 0 saturated heterocycles. The summed E-state index contributed by atoms with van der Waals surface area (Å²) in [6, 6.07) is 1.52. The van der Waals surface area contributed by atoms with Crippen molar-refractivity contribution in [3.8, 4) is 0 Å². The van der Waals surface area contributed by atoms with Gasteiger partial charge in [0.05, 0.1) is 40.9 Å². The van der Waals surface area contributed by atoms with E-state index in [0.717, 1.165) is 18.2 Å². The molecule has 2 aromatic rings. The monoisotopic (exact) mass is 584 g/mol. The van der Waals surface area contributed by atoms with Crippen LogP contribution in [-0.2, 0) is 34.5 Å². The molecule has 2 amide bonds. The van der Waals surface area contributed by atoms with E-state index in [2.05, 4.69) is 5.32 Å². The number of anilines is 1. The fourth-order valence-electron chi connectivity index (χ4n) is 4.47. The van der Waals surface area contributed by atoms with E-state index in [4.69, 9.17) is 4.74 Å². The van der Waals surface area contributed by atoms with Gasteiger partial charge in [-0.25, -0.2) is 4.79 Å². The largest absolute Gasteiger partial charge is 0.446 e. The smallest absolute Gasteiger partial charge is 0.416 e. The minimum absolute atomic E-state index is 0.0282. The Labute approximate surface area is 223 Å². The highest BCUT2D eigenvalue weighted by molar-refractivity contribution is 5.91. The fourth-order valence-corrected chi connectivity index (χ4v) is 4.47. The molecule has 0 bridgehead atoms. The van der Waals surface area contributed by atoms with Gasteiger partial charge in [-0.1, -0.05) is 6.92 Å². The molecule has 1 N–H and O–H groups in total. The molecule has 0 spiro atoms. The van der Waals surface area contributed by atoms with Crippen LogP contribution in [0.3, 0.4) is 0 Å². The summed E-state index contributed by atoms with van der Waals surface area (Å²) in [6.07, 6.45) is -17.1. The number of nitrogens with one attached hydrogen (secondary N) is 1. The summed E-state index contributed by atoms with van der Waals surface area (Å²) in [5, 5.41) is 2.44. The van der Waals surface area contributed by atoms with Crippen LogP contribution in [0.4, 0.5) is 50.0 Å². The average Bonchev–Trinajstić information content (AvgIpc) is 2.80. The number of nitrogens with zero attached hydrogens (tertiary/aromatic N) is 1. The van der Waals surface area contributed by atoms with Crippen LogP contribution >= 0.6 is 0 Å². The molecule has 0 fully saturated rings. The Morgan fingerprint density at radius 2 is 1.45 bits per heavy atom. The molecule has 0 aromatic heterocycles. The first-order valence-electron chi connectivity index (χ1n) is 12.1. The molecule has 0 radical (unpaired) electrons. The van der Waals surface area contributed by atoms with Gasteiger partial charge in [0.2, 0.25) is 5.91 Å². The van der Waals surface area contributed by atoms with E-state index in [1.165, 1.54) is 4.90 Å². The van der Waals surface area contributed by atoms with Crippen molar-refractivity contribution in [3.63, 3.8) is 0 Å².